The van der Waals surface area contributed by atoms with Crippen LogP contribution in [0.5, 0.6) is 0 Å². The molecule has 1 aliphatic rings. The molecule has 1 aliphatic heterocycles. The third kappa shape index (κ3) is 6.01. The fourth-order valence-corrected chi connectivity index (χ4v) is 4.65. The van der Waals surface area contributed by atoms with Crippen LogP contribution in [0.25, 0.3) is 16.3 Å². The van der Waals surface area contributed by atoms with E-state index in [2.05, 4.69) is 57.3 Å². The minimum absolute atomic E-state index is 0.0335. The van der Waals surface area contributed by atoms with Gasteiger partial charge in [-0.05, 0) is 67.6 Å². The molecule has 1 fully saturated rings. The van der Waals surface area contributed by atoms with Crippen molar-refractivity contribution in [2.24, 2.45) is 0 Å². The summed E-state index contributed by atoms with van der Waals surface area (Å²) in [6.07, 6.45) is 3.69. The third-order valence-corrected chi connectivity index (χ3v) is 6.08. The number of aliphatic hydroxyl groups is 2. The molecule has 33 heavy (non-hydrogen) atoms. The Bertz CT molecular complexity index is 1210. The quantitative estimate of drug-likeness (QED) is 0.259. The van der Waals surface area contributed by atoms with Crippen LogP contribution in [0.2, 0.25) is 0 Å². The second-order valence-electron chi connectivity index (χ2n) is 8.45. The minimum atomic E-state index is -1.50. The highest BCUT2D eigenvalue weighted by Gasteiger charge is 2.28. The number of ether oxygens (including phenoxy) is 1. The van der Waals surface area contributed by atoms with Crippen molar-refractivity contribution >= 4 is 34.1 Å². The molecule has 0 saturated carbocycles. The lowest BCUT2D eigenvalue weighted by molar-refractivity contribution is -0.127. The molecule has 2 aromatic heterocycles. The van der Waals surface area contributed by atoms with E-state index < -0.39 is 5.79 Å². The Morgan fingerprint density at radius 2 is 1.88 bits per heavy atom. The van der Waals surface area contributed by atoms with Crippen LogP contribution < -0.4 is 10.5 Å². The monoisotopic (exact) mass is 467 g/mol. The van der Waals surface area contributed by atoms with Crippen molar-refractivity contribution in [3.63, 3.8) is 0 Å². The van der Waals surface area contributed by atoms with Gasteiger partial charge >= 0.3 is 0 Å². The lowest BCUT2D eigenvalue weighted by Gasteiger charge is -2.14. The molecular formula is C24H29N5O3S. The Morgan fingerprint density at radius 3 is 2.70 bits per heavy atom. The lowest BCUT2D eigenvalue weighted by atomic mass is 10.1. The number of nitrogen functional groups attached to an aromatic ring is 1. The van der Waals surface area contributed by atoms with E-state index in [1.807, 2.05) is 16.6 Å². The first-order valence-electron chi connectivity index (χ1n) is 10.9. The van der Waals surface area contributed by atoms with Crippen molar-refractivity contribution in [1.82, 2.24) is 19.3 Å². The summed E-state index contributed by atoms with van der Waals surface area (Å²) >= 11 is 1.67. The third-order valence-electron chi connectivity index (χ3n) is 5.19. The smallest absolute Gasteiger partial charge is 0.156 e. The Labute approximate surface area is 196 Å². The number of nitrogens with zero attached hydrogens (tertiary/aromatic N) is 3. The normalized spacial score (nSPS) is 18.4. The van der Waals surface area contributed by atoms with Gasteiger partial charge in [0.1, 0.15) is 17.9 Å². The molecule has 5 N–H and O–H groups in total. The highest BCUT2D eigenvalue weighted by molar-refractivity contribution is 7.97. The lowest BCUT2D eigenvalue weighted by Crippen LogP contribution is -2.21. The van der Waals surface area contributed by atoms with Crippen molar-refractivity contribution in [3.8, 4) is 0 Å². The summed E-state index contributed by atoms with van der Waals surface area (Å²) in [6.45, 7) is 3.39. The SMILES string of the molecule is CC(C)(O)O.Nc1ncnn2c(C3CCC(CNSc4cccc5ccccc45)O3)ccc12. The van der Waals surface area contributed by atoms with Gasteiger partial charge in [0.25, 0.3) is 0 Å². The van der Waals surface area contributed by atoms with Gasteiger partial charge in [-0.15, -0.1) is 0 Å². The van der Waals surface area contributed by atoms with Crippen LogP contribution in [0.1, 0.15) is 38.5 Å². The van der Waals surface area contributed by atoms with Crippen molar-refractivity contribution in [1.29, 1.82) is 0 Å². The Morgan fingerprint density at radius 1 is 1.12 bits per heavy atom. The van der Waals surface area contributed by atoms with Gasteiger partial charge in [-0.2, -0.15) is 5.10 Å². The molecule has 0 aliphatic carbocycles. The van der Waals surface area contributed by atoms with Crippen molar-refractivity contribution in [2.75, 3.05) is 12.3 Å². The van der Waals surface area contributed by atoms with E-state index in [1.54, 1.807) is 11.9 Å². The van der Waals surface area contributed by atoms with Crippen molar-refractivity contribution in [2.45, 2.75) is 49.6 Å². The number of anilines is 1. The first-order valence-corrected chi connectivity index (χ1v) is 11.7. The molecule has 3 heterocycles. The van der Waals surface area contributed by atoms with E-state index in [1.165, 1.54) is 35.8 Å². The van der Waals surface area contributed by atoms with Gasteiger partial charge in [-0.25, -0.2) is 9.50 Å². The molecule has 0 radical (unpaired) electrons. The number of hydrogen-bond donors (Lipinski definition) is 4. The highest BCUT2D eigenvalue weighted by atomic mass is 32.2. The maximum absolute atomic E-state index is 8.08. The number of aromatic nitrogens is 3. The van der Waals surface area contributed by atoms with E-state index in [0.717, 1.165) is 30.6 Å². The topological polar surface area (TPSA) is 118 Å². The maximum atomic E-state index is 8.08. The first-order chi connectivity index (χ1) is 15.8. The zero-order chi connectivity index (χ0) is 23.4. The molecule has 4 aromatic rings. The highest BCUT2D eigenvalue weighted by Crippen LogP contribution is 2.34. The van der Waals surface area contributed by atoms with Gasteiger partial charge in [0.2, 0.25) is 0 Å². The van der Waals surface area contributed by atoms with E-state index in [0.29, 0.717) is 5.82 Å². The molecule has 2 aromatic carbocycles. The van der Waals surface area contributed by atoms with Crippen LogP contribution >= 0.6 is 11.9 Å². The zero-order valence-corrected chi connectivity index (χ0v) is 19.5. The molecule has 174 valence electrons. The standard InChI is InChI=1S/C21H21N5OS.C3H8O2/c22-21-18-10-9-17(26(18)24-13-23-21)19-11-8-15(27-19)12-25-28-20-7-3-5-14-4-1-2-6-16(14)20;1-3(2,4)5/h1-7,9-10,13,15,19,25H,8,11-12H2,(H2,22,23,24);4-5H,1-2H3. The largest absolute Gasteiger partial charge is 0.382 e. The second kappa shape index (κ2) is 10.1. The van der Waals surface area contributed by atoms with Gasteiger partial charge in [0.05, 0.1) is 11.8 Å². The molecule has 5 rings (SSSR count). The maximum Gasteiger partial charge on any atom is 0.156 e. The minimum Gasteiger partial charge on any atom is -0.382 e. The van der Waals surface area contributed by atoms with E-state index >= 15 is 0 Å². The van der Waals surface area contributed by atoms with Gasteiger partial charge in [-0.1, -0.05) is 36.4 Å². The van der Waals surface area contributed by atoms with Crippen molar-refractivity contribution in [3.05, 3.63) is 66.6 Å². The first kappa shape index (κ1) is 23.5. The molecule has 1 saturated heterocycles. The zero-order valence-electron chi connectivity index (χ0n) is 18.7. The number of fused-ring (bicyclic) bond motifs is 2. The predicted octanol–water partition coefficient (Wildman–Crippen LogP) is 3.69. The van der Waals surface area contributed by atoms with Crippen LogP contribution in [-0.2, 0) is 4.74 Å². The van der Waals surface area contributed by atoms with Crippen LogP contribution in [0, 0.1) is 0 Å². The number of hydrogen-bond acceptors (Lipinski definition) is 8. The summed E-state index contributed by atoms with van der Waals surface area (Å²) in [5, 5.41) is 23.0. The second-order valence-corrected chi connectivity index (χ2v) is 9.38. The number of rotatable bonds is 5. The van der Waals surface area contributed by atoms with Crippen LogP contribution in [0.4, 0.5) is 5.82 Å². The average molecular weight is 468 g/mol. The summed E-state index contributed by atoms with van der Waals surface area (Å²) in [7, 11) is 0. The van der Waals surface area contributed by atoms with E-state index in [4.69, 9.17) is 20.7 Å². The summed E-state index contributed by atoms with van der Waals surface area (Å²) in [5.41, 5.74) is 7.79. The molecule has 9 heteroatoms. The molecular weight excluding hydrogens is 438 g/mol. The summed E-state index contributed by atoms with van der Waals surface area (Å²) < 4.78 is 11.6. The van der Waals surface area contributed by atoms with Gasteiger partial charge in [0.15, 0.2) is 11.6 Å². The number of benzene rings is 2. The molecule has 0 bridgehead atoms. The number of nitrogens with one attached hydrogen (secondary N) is 1. The van der Waals surface area contributed by atoms with E-state index in [9.17, 15) is 0 Å². The molecule has 2 unspecified atom stereocenters. The molecule has 8 nitrogen and oxygen atoms in total. The van der Waals surface area contributed by atoms with Crippen LogP contribution in [-0.4, -0.2) is 43.2 Å². The van der Waals surface area contributed by atoms with E-state index in [-0.39, 0.29) is 12.2 Å². The van der Waals surface area contributed by atoms with Gasteiger partial charge in [0, 0.05) is 11.4 Å². The Hall–Kier alpha value is -2.69. The number of nitrogens with two attached hydrogens (primary N) is 1. The fourth-order valence-electron chi connectivity index (χ4n) is 3.79. The summed E-state index contributed by atoms with van der Waals surface area (Å²) in [4.78, 5) is 5.28. The fraction of sp³-hybridized carbons (Fsp3) is 0.333. The van der Waals surface area contributed by atoms with Crippen LogP contribution in [0.3, 0.4) is 0 Å². The Kier molecular flexibility index (Phi) is 7.16. The predicted molar refractivity (Wildman–Crippen MR) is 131 cm³/mol. The summed E-state index contributed by atoms with van der Waals surface area (Å²) in [5.74, 6) is -1.01. The average Bonchev–Trinajstić information content (AvgIpc) is 3.40. The van der Waals surface area contributed by atoms with Gasteiger partial charge < -0.3 is 20.7 Å². The molecule has 2 atom stereocenters. The molecule has 0 spiro atoms. The van der Waals surface area contributed by atoms with Gasteiger partial charge in [-0.3, -0.25) is 4.72 Å². The van der Waals surface area contributed by atoms with Crippen LogP contribution in [0.15, 0.2) is 65.8 Å². The Balaban J connectivity index is 0.000000471. The summed E-state index contributed by atoms with van der Waals surface area (Å²) in [6, 6.07) is 18.8. The van der Waals surface area contributed by atoms with Crippen molar-refractivity contribution < 1.29 is 14.9 Å². The molecule has 0 amide bonds.